The number of hydrogen-bond acceptors (Lipinski definition) is 7. The molecule has 1 aromatic carbocycles. The summed E-state index contributed by atoms with van der Waals surface area (Å²) in [5.41, 5.74) is 4.40. The normalized spacial score (nSPS) is 16.4. The summed E-state index contributed by atoms with van der Waals surface area (Å²) in [6.45, 7) is 2.13. The highest BCUT2D eigenvalue weighted by Gasteiger charge is 2.26. The molecule has 2 aromatic heterocycles. The van der Waals surface area contributed by atoms with Gasteiger partial charge in [-0.3, -0.25) is 4.79 Å². The number of nitrogens with one attached hydrogen (secondary N) is 2. The molecule has 8 nitrogen and oxygen atoms in total. The summed E-state index contributed by atoms with van der Waals surface area (Å²) in [6, 6.07) is 7.56. The lowest BCUT2D eigenvalue weighted by Gasteiger charge is -2.31. The summed E-state index contributed by atoms with van der Waals surface area (Å²) in [4.78, 5) is 31.8. The lowest BCUT2D eigenvalue weighted by atomic mass is 9.97. The summed E-state index contributed by atoms with van der Waals surface area (Å²) < 4.78 is 3.88. The maximum Gasteiger partial charge on any atom is 0.317 e. The van der Waals surface area contributed by atoms with E-state index in [9.17, 15) is 9.59 Å². The number of likely N-dealkylation sites (tertiary alicyclic amines) is 1. The molecule has 2 N–H and O–H groups in total. The van der Waals surface area contributed by atoms with E-state index in [-0.39, 0.29) is 17.9 Å². The van der Waals surface area contributed by atoms with E-state index in [0.29, 0.717) is 31.0 Å². The fourth-order valence-corrected chi connectivity index (χ4v) is 6.13. The van der Waals surface area contributed by atoms with Gasteiger partial charge in [-0.25, -0.2) is 9.78 Å². The van der Waals surface area contributed by atoms with Crippen LogP contribution in [0.1, 0.15) is 66.4 Å². The minimum atomic E-state index is -0.217. The number of anilines is 1. The summed E-state index contributed by atoms with van der Waals surface area (Å²) in [6.07, 6.45) is 9.92. The summed E-state index contributed by atoms with van der Waals surface area (Å²) in [5, 5.41) is 14.7. The van der Waals surface area contributed by atoms with E-state index < -0.39 is 0 Å². The van der Waals surface area contributed by atoms with Gasteiger partial charge in [0.1, 0.15) is 11.4 Å². The number of urea groups is 1. The molecule has 0 bridgehead atoms. The van der Waals surface area contributed by atoms with Crippen LogP contribution in [0.3, 0.4) is 0 Å². The number of allylic oxidation sites excluding steroid dienone is 1. The van der Waals surface area contributed by atoms with Crippen LogP contribution >= 0.6 is 22.9 Å². The van der Waals surface area contributed by atoms with Crippen molar-refractivity contribution in [3.8, 4) is 11.3 Å². The van der Waals surface area contributed by atoms with Gasteiger partial charge in [-0.05, 0) is 68.6 Å². The zero-order valence-electron chi connectivity index (χ0n) is 20.1. The molecule has 5 rings (SSSR count). The van der Waals surface area contributed by atoms with Crippen molar-refractivity contribution in [1.82, 2.24) is 24.8 Å². The number of nitrogens with zero attached hydrogens (tertiary/aromatic N) is 4. The van der Waals surface area contributed by atoms with Crippen LogP contribution in [0.5, 0.6) is 0 Å². The van der Waals surface area contributed by atoms with Gasteiger partial charge in [0.05, 0.1) is 5.01 Å². The first-order chi connectivity index (χ1) is 17.7. The van der Waals surface area contributed by atoms with Crippen LogP contribution in [0.15, 0.2) is 46.7 Å². The molecule has 0 saturated carbocycles. The van der Waals surface area contributed by atoms with Gasteiger partial charge < -0.3 is 15.5 Å². The largest absolute Gasteiger partial charge is 0.338 e. The summed E-state index contributed by atoms with van der Waals surface area (Å²) >= 11 is 2.83. The second-order valence-corrected chi connectivity index (χ2v) is 10.7. The molecule has 0 atom stereocenters. The first-order valence-electron chi connectivity index (χ1n) is 12.5. The minimum absolute atomic E-state index is 0.0288. The van der Waals surface area contributed by atoms with Crippen LogP contribution in [0, 0.1) is 0 Å². The van der Waals surface area contributed by atoms with Gasteiger partial charge in [-0.15, -0.1) is 16.4 Å². The Labute approximate surface area is 219 Å². The molecule has 0 radical (unpaired) electrons. The molecule has 3 aromatic rings. The average molecular weight is 523 g/mol. The van der Waals surface area contributed by atoms with Gasteiger partial charge >= 0.3 is 6.03 Å². The third-order valence-corrected chi connectivity index (χ3v) is 8.30. The van der Waals surface area contributed by atoms with Crippen LogP contribution in [0.25, 0.3) is 11.3 Å². The quantitative estimate of drug-likeness (QED) is 0.388. The smallest absolute Gasteiger partial charge is 0.317 e. The van der Waals surface area contributed by atoms with E-state index in [1.807, 2.05) is 39.9 Å². The highest BCUT2D eigenvalue weighted by Crippen LogP contribution is 2.31. The number of rotatable bonds is 7. The molecule has 10 heteroatoms. The number of aromatic nitrogens is 3. The molecule has 0 unspecified atom stereocenters. The third kappa shape index (κ3) is 6.17. The van der Waals surface area contributed by atoms with E-state index >= 15 is 0 Å². The van der Waals surface area contributed by atoms with E-state index in [2.05, 4.69) is 31.3 Å². The highest BCUT2D eigenvalue weighted by atomic mass is 32.1. The van der Waals surface area contributed by atoms with Crippen LogP contribution in [-0.4, -0.2) is 51.0 Å². The van der Waals surface area contributed by atoms with Crippen molar-refractivity contribution >= 4 is 40.5 Å². The van der Waals surface area contributed by atoms with Gasteiger partial charge in [0.2, 0.25) is 0 Å². The van der Waals surface area contributed by atoms with Crippen LogP contribution < -0.4 is 10.6 Å². The van der Waals surface area contributed by atoms with Crippen LogP contribution in [0.4, 0.5) is 10.5 Å². The van der Waals surface area contributed by atoms with Crippen molar-refractivity contribution in [3.63, 3.8) is 0 Å². The molecule has 1 aliphatic heterocycles. The highest BCUT2D eigenvalue weighted by molar-refractivity contribution is 7.10. The molecule has 188 valence electrons. The number of piperidine rings is 1. The zero-order chi connectivity index (χ0) is 24.7. The maximum atomic E-state index is 12.7. The molecule has 0 spiro atoms. The summed E-state index contributed by atoms with van der Waals surface area (Å²) in [5.74, 6) is 0.0597. The molecule has 3 heterocycles. The summed E-state index contributed by atoms with van der Waals surface area (Å²) in [7, 11) is 0. The van der Waals surface area contributed by atoms with E-state index in [1.54, 1.807) is 0 Å². The standard InChI is InChI=1S/C26H30N6O2S2/c33-24(28-21-8-6-19(7-9-21)22-17-36-31-30-22)23-16-35-25(29-23)20-11-14-32(15-12-20)26(34)27-13-10-18-4-2-1-3-5-18/h4,6-9,16-17,20H,1-3,5,10-15H2,(H,27,34)(H,28,33). The van der Waals surface area contributed by atoms with E-state index in [1.165, 1.54) is 54.1 Å². The Morgan fingerprint density at radius 2 is 1.92 bits per heavy atom. The van der Waals surface area contributed by atoms with Crippen molar-refractivity contribution < 1.29 is 9.59 Å². The first kappa shape index (κ1) is 24.6. The zero-order valence-corrected chi connectivity index (χ0v) is 21.7. The number of hydrogen-bond donors (Lipinski definition) is 2. The topological polar surface area (TPSA) is 100 Å². The Balaban J connectivity index is 1.08. The Hall–Kier alpha value is -3.11. The number of carbonyl (C=O) groups excluding carboxylic acids is 2. The number of carbonyl (C=O) groups is 2. The first-order valence-corrected chi connectivity index (χ1v) is 14.2. The molecule has 2 aliphatic rings. The predicted octanol–water partition coefficient (Wildman–Crippen LogP) is 5.69. The maximum absolute atomic E-state index is 12.7. The minimum Gasteiger partial charge on any atom is -0.338 e. The average Bonchev–Trinajstić information content (AvgIpc) is 3.63. The Bertz CT molecular complexity index is 1200. The third-order valence-electron chi connectivity index (χ3n) is 6.79. The second-order valence-electron chi connectivity index (χ2n) is 9.24. The van der Waals surface area contributed by atoms with Crippen molar-refractivity contribution in [1.29, 1.82) is 0 Å². The molecule has 1 saturated heterocycles. The fraction of sp³-hybridized carbons (Fsp3) is 0.423. The van der Waals surface area contributed by atoms with Gasteiger partial charge in [-0.2, -0.15) is 0 Å². The molecular weight excluding hydrogens is 492 g/mol. The molecule has 36 heavy (non-hydrogen) atoms. The number of amides is 3. The van der Waals surface area contributed by atoms with Crippen molar-refractivity contribution in [2.45, 2.75) is 50.9 Å². The Kier molecular flexibility index (Phi) is 8.02. The van der Waals surface area contributed by atoms with Crippen LogP contribution in [-0.2, 0) is 0 Å². The Morgan fingerprint density at radius 3 is 2.64 bits per heavy atom. The molecule has 1 aliphatic carbocycles. The van der Waals surface area contributed by atoms with Crippen LogP contribution in [0.2, 0.25) is 0 Å². The molecular formula is C26H30N6O2S2. The van der Waals surface area contributed by atoms with Gasteiger partial charge in [-0.1, -0.05) is 28.3 Å². The van der Waals surface area contributed by atoms with Crippen molar-refractivity contribution in [3.05, 3.63) is 57.4 Å². The molecule has 1 fully saturated rings. The molecule has 3 amide bonds. The Morgan fingerprint density at radius 1 is 1.08 bits per heavy atom. The van der Waals surface area contributed by atoms with Gasteiger partial charge in [0, 0.05) is 47.6 Å². The number of benzene rings is 1. The lowest BCUT2D eigenvalue weighted by Crippen LogP contribution is -2.44. The van der Waals surface area contributed by atoms with Crippen molar-refractivity contribution in [2.24, 2.45) is 0 Å². The second kappa shape index (κ2) is 11.7. The predicted molar refractivity (Wildman–Crippen MR) is 144 cm³/mol. The van der Waals surface area contributed by atoms with Gasteiger partial charge in [0.15, 0.2) is 0 Å². The number of thiazole rings is 1. The lowest BCUT2D eigenvalue weighted by molar-refractivity contribution is 0.102. The van der Waals surface area contributed by atoms with Gasteiger partial charge in [0.25, 0.3) is 5.91 Å². The van der Waals surface area contributed by atoms with E-state index in [0.717, 1.165) is 35.5 Å². The fourth-order valence-electron chi connectivity index (χ4n) is 4.69. The monoisotopic (exact) mass is 522 g/mol. The SMILES string of the molecule is O=C(Nc1ccc(-c2csnn2)cc1)c1csc(C2CCN(C(=O)NCCC3=CCCCC3)CC2)n1. The van der Waals surface area contributed by atoms with Crippen molar-refractivity contribution in [2.75, 3.05) is 25.0 Å². The van der Waals surface area contributed by atoms with E-state index in [4.69, 9.17) is 0 Å².